The van der Waals surface area contributed by atoms with Gasteiger partial charge in [-0.15, -0.1) is 9.60 Å². The molecule has 0 aromatic carbocycles. The maximum atomic E-state index is 12.5. The highest BCUT2D eigenvalue weighted by atomic mass is 19.2. The van der Waals surface area contributed by atoms with Gasteiger partial charge < -0.3 is 5.32 Å². The molecule has 3 heteroatoms. The molecule has 2 fully saturated rings. The monoisotopic (exact) mass is 144 g/mol. The summed E-state index contributed by atoms with van der Waals surface area (Å²) in [4.78, 5) is 0. The highest BCUT2D eigenvalue weighted by molar-refractivity contribution is 5.04. The van der Waals surface area contributed by atoms with E-state index in [4.69, 9.17) is 0 Å². The van der Waals surface area contributed by atoms with Crippen LogP contribution >= 0.6 is 0 Å². The first-order valence-electron chi connectivity index (χ1n) is 3.81. The largest absolute Gasteiger partial charge is 0.316 e. The van der Waals surface area contributed by atoms with E-state index < -0.39 is 0 Å². The van der Waals surface area contributed by atoms with E-state index in [2.05, 4.69) is 5.32 Å². The molecule has 0 unspecified atom stereocenters. The maximum Gasteiger partial charge on any atom is 0.0411 e. The van der Waals surface area contributed by atoms with Crippen molar-refractivity contribution in [2.75, 3.05) is 20.1 Å². The fourth-order valence-corrected chi connectivity index (χ4v) is 1.96. The van der Waals surface area contributed by atoms with Crippen LogP contribution < -0.4 is 5.32 Å². The molecule has 58 valence electrons. The third-order valence-electron chi connectivity index (χ3n) is 2.84. The molecule has 1 saturated heterocycles. The van der Waals surface area contributed by atoms with Crippen molar-refractivity contribution >= 4 is 0 Å². The smallest absolute Gasteiger partial charge is 0.0411 e. The molecule has 0 bridgehead atoms. The highest BCUT2D eigenvalue weighted by Crippen LogP contribution is 2.46. The summed E-state index contributed by atoms with van der Waals surface area (Å²) < 4.78 is 12.5. The van der Waals surface area contributed by atoms with E-state index in [0.29, 0.717) is 5.41 Å². The van der Waals surface area contributed by atoms with Gasteiger partial charge in [-0.1, -0.05) is 0 Å². The first-order valence-corrected chi connectivity index (χ1v) is 3.81. The standard InChI is InChI=1S/C7H13FN2/c1-10(8)6-2-7(3-6)4-9-5-7/h6,9H,2-5H2,1H3. The van der Waals surface area contributed by atoms with Crippen molar-refractivity contribution < 1.29 is 4.48 Å². The summed E-state index contributed by atoms with van der Waals surface area (Å²) in [5.41, 5.74) is 0.505. The van der Waals surface area contributed by atoms with Crippen LogP contribution in [0.15, 0.2) is 0 Å². The van der Waals surface area contributed by atoms with Crippen molar-refractivity contribution in [2.45, 2.75) is 18.9 Å². The molecule has 0 amide bonds. The molecule has 2 aliphatic rings. The number of halogens is 1. The lowest BCUT2D eigenvalue weighted by Gasteiger charge is -2.54. The van der Waals surface area contributed by atoms with Crippen molar-refractivity contribution in [1.29, 1.82) is 0 Å². The minimum absolute atomic E-state index is 0.210. The molecule has 0 aromatic heterocycles. The Labute approximate surface area is 60.3 Å². The van der Waals surface area contributed by atoms with Gasteiger partial charge in [0.2, 0.25) is 0 Å². The average Bonchev–Trinajstić information content (AvgIpc) is 1.54. The Morgan fingerprint density at radius 2 is 2.10 bits per heavy atom. The van der Waals surface area contributed by atoms with Gasteiger partial charge in [0.15, 0.2) is 0 Å². The summed E-state index contributed by atoms with van der Waals surface area (Å²) in [6.45, 7) is 2.22. The lowest BCUT2D eigenvalue weighted by molar-refractivity contribution is -0.104. The summed E-state index contributed by atoms with van der Waals surface area (Å²) in [6, 6.07) is 0.210. The molecule has 1 aliphatic heterocycles. The molecular formula is C7H13FN2. The van der Waals surface area contributed by atoms with Gasteiger partial charge in [0.1, 0.15) is 0 Å². The number of hydrogen-bond donors (Lipinski definition) is 1. The topological polar surface area (TPSA) is 15.3 Å². The van der Waals surface area contributed by atoms with Crippen LogP contribution in [-0.4, -0.2) is 31.3 Å². The summed E-state index contributed by atoms with van der Waals surface area (Å²) >= 11 is 0. The lowest BCUT2D eigenvalue weighted by Crippen LogP contribution is -2.63. The van der Waals surface area contributed by atoms with Gasteiger partial charge in [-0.3, -0.25) is 0 Å². The molecule has 0 radical (unpaired) electrons. The Balaban J connectivity index is 1.82. The van der Waals surface area contributed by atoms with Gasteiger partial charge >= 0.3 is 0 Å². The van der Waals surface area contributed by atoms with E-state index in [1.807, 2.05) is 0 Å². The second-order valence-electron chi connectivity index (χ2n) is 3.69. The van der Waals surface area contributed by atoms with Crippen LogP contribution in [0.25, 0.3) is 0 Å². The number of rotatable bonds is 1. The van der Waals surface area contributed by atoms with E-state index in [1.165, 1.54) is 7.05 Å². The Morgan fingerprint density at radius 3 is 2.40 bits per heavy atom. The molecule has 10 heavy (non-hydrogen) atoms. The summed E-state index contributed by atoms with van der Waals surface area (Å²) in [5, 5.41) is 4.07. The Bertz CT molecular complexity index is 135. The maximum absolute atomic E-state index is 12.5. The molecule has 0 atom stereocenters. The fraction of sp³-hybridized carbons (Fsp3) is 1.00. The van der Waals surface area contributed by atoms with E-state index in [9.17, 15) is 4.48 Å². The first kappa shape index (κ1) is 6.55. The van der Waals surface area contributed by atoms with Gasteiger partial charge in [-0.05, 0) is 18.3 Å². The third kappa shape index (κ3) is 0.772. The molecule has 2 rings (SSSR count). The van der Waals surface area contributed by atoms with Crippen LogP contribution in [0.3, 0.4) is 0 Å². The average molecular weight is 144 g/mol. The van der Waals surface area contributed by atoms with Crippen LogP contribution in [0.1, 0.15) is 12.8 Å². The molecule has 1 saturated carbocycles. The van der Waals surface area contributed by atoms with Gasteiger partial charge in [0.25, 0.3) is 0 Å². The molecule has 1 spiro atoms. The number of hydrogen-bond acceptors (Lipinski definition) is 2. The van der Waals surface area contributed by atoms with Gasteiger partial charge in [0, 0.05) is 26.2 Å². The molecule has 2 nitrogen and oxygen atoms in total. The molecular weight excluding hydrogens is 131 g/mol. The van der Waals surface area contributed by atoms with Crippen LogP contribution in [0, 0.1) is 5.41 Å². The molecule has 1 aliphatic carbocycles. The quantitative estimate of drug-likeness (QED) is 0.541. The van der Waals surface area contributed by atoms with E-state index in [-0.39, 0.29) is 6.04 Å². The van der Waals surface area contributed by atoms with Crippen LogP contribution in [-0.2, 0) is 0 Å². The predicted octanol–water partition coefficient (Wildman–Crippen LogP) is 0.555. The summed E-state index contributed by atoms with van der Waals surface area (Å²) in [5.74, 6) is 0. The van der Waals surface area contributed by atoms with Gasteiger partial charge in [-0.25, -0.2) is 0 Å². The predicted molar refractivity (Wildman–Crippen MR) is 37.2 cm³/mol. The lowest BCUT2D eigenvalue weighted by atomic mass is 9.62. The zero-order valence-corrected chi connectivity index (χ0v) is 6.23. The van der Waals surface area contributed by atoms with Crippen LogP contribution in [0.5, 0.6) is 0 Å². The Kier molecular flexibility index (Phi) is 1.26. The first-order chi connectivity index (χ1) is 4.72. The van der Waals surface area contributed by atoms with E-state index >= 15 is 0 Å². The Hall–Kier alpha value is -0.150. The van der Waals surface area contributed by atoms with Crippen molar-refractivity contribution in [2.24, 2.45) is 5.41 Å². The summed E-state index contributed by atoms with van der Waals surface area (Å²) in [7, 11) is 1.52. The molecule has 1 heterocycles. The third-order valence-corrected chi connectivity index (χ3v) is 2.84. The minimum Gasteiger partial charge on any atom is -0.316 e. The van der Waals surface area contributed by atoms with Gasteiger partial charge in [-0.2, -0.15) is 0 Å². The van der Waals surface area contributed by atoms with Crippen molar-refractivity contribution in [3.8, 4) is 0 Å². The van der Waals surface area contributed by atoms with Crippen molar-refractivity contribution in [1.82, 2.24) is 10.4 Å². The SMILES string of the molecule is CN(F)C1CC2(CNC2)C1. The second-order valence-corrected chi connectivity index (χ2v) is 3.69. The zero-order valence-electron chi connectivity index (χ0n) is 6.23. The zero-order chi connectivity index (χ0) is 7.19. The molecule has 1 N–H and O–H groups in total. The van der Waals surface area contributed by atoms with Crippen LogP contribution in [0.4, 0.5) is 4.48 Å². The number of nitrogens with zero attached hydrogens (tertiary/aromatic N) is 1. The molecule has 0 aromatic rings. The van der Waals surface area contributed by atoms with Gasteiger partial charge in [0.05, 0.1) is 0 Å². The van der Waals surface area contributed by atoms with E-state index in [0.717, 1.165) is 31.1 Å². The Morgan fingerprint density at radius 1 is 1.50 bits per heavy atom. The number of nitrogens with one attached hydrogen (secondary N) is 1. The van der Waals surface area contributed by atoms with Crippen molar-refractivity contribution in [3.05, 3.63) is 0 Å². The van der Waals surface area contributed by atoms with Crippen LogP contribution in [0.2, 0.25) is 0 Å². The minimum atomic E-state index is 0.210. The van der Waals surface area contributed by atoms with E-state index in [1.54, 1.807) is 0 Å². The normalized spacial score (nSPS) is 30.3. The second kappa shape index (κ2) is 1.92. The van der Waals surface area contributed by atoms with Crippen molar-refractivity contribution in [3.63, 3.8) is 0 Å². The fourth-order valence-electron chi connectivity index (χ4n) is 1.96. The summed E-state index contributed by atoms with van der Waals surface area (Å²) in [6.07, 6.45) is 2.10. The highest BCUT2D eigenvalue weighted by Gasteiger charge is 2.49.